The highest BCUT2D eigenvalue weighted by Crippen LogP contribution is 2.29. The van der Waals surface area contributed by atoms with Crippen LogP contribution in [0, 0.1) is 24.7 Å². The summed E-state index contributed by atoms with van der Waals surface area (Å²) in [5.41, 5.74) is 2.35. The Hall–Kier alpha value is -1.88. The third kappa shape index (κ3) is 3.63. The molecular formula is C21H29N3O2. The first-order valence-electron chi connectivity index (χ1n) is 9.93. The number of hydrogen-bond donors (Lipinski definition) is 1. The first kappa shape index (κ1) is 17.5. The summed E-state index contributed by atoms with van der Waals surface area (Å²) in [5, 5.41) is 3.47. The fraction of sp³-hybridized carbons (Fsp3) is 0.619. The fourth-order valence-electron chi connectivity index (χ4n) is 4.70. The van der Waals surface area contributed by atoms with Gasteiger partial charge in [0.1, 0.15) is 0 Å². The Morgan fingerprint density at radius 1 is 1.12 bits per heavy atom. The van der Waals surface area contributed by atoms with Crippen molar-refractivity contribution in [3.05, 3.63) is 35.4 Å². The normalized spacial score (nSPS) is 29.0. The van der Waals surface area contributed by atoms with E-state index in [-0.39, 0.29) is 17.7 Å². The standard InChI is InChI=1S/C21H29N3O2/c1-15-2-4-16(5-3-15)13-24-14-19(10-20(24)25)21(26)23-8-6-17-11-22-12-18(17)7-9-23/h2-5,17-19,22H,6-14H2,1H3/t17-,18+,19?. The third-order valence-electron chi connectivity index (χ3n) is 6.39. The van der Waals surface area contributed by atoms with Gasteiger partial charge in [0.25, 0.3) is 0 Å². The number of nitrogens with one attached hydrogen (secondary N) is 1. The van der Waals surface area contributed by atoms with Crippen molar-refractivity contribution in [2.75, 3.05) is 32.7 Å². The Morgan fingerprint density at radius 3 is 2.42 bits per heavy atom. The van der Waals surface area contributed by atoms with Crippen LogP contribution < -0.4 is 5.32 Å². The SMILES string of the molecule is Cc1ccc(CN2CC(C(=O)N3CC[C@@H]4CNC[C@@H]4CC3)CC2=O)cc1. The molecule has 5 nitrogen and oxygen atoms in total. The number of likely N-dealkylation sites (tertiary alicyclic amines) is 2. The summed E-state index contributed by atoms with van der Waals surface area (Å²) in [6, 6.07) is 8.28. The molecule has 1 N–H and O–H groups in total. The van der Waals surface area contributed by atoms with Crippen molar-refractivity contribution in [1.82, 2.24) is 15.1 Å². The number of hydrogen-bond acceptors (Lipinski definition) is 3. The second-order valence-electron chi connectivity index (χ2n) is 8.24. The van der Waals surface area contributed by atoms with Crippen molar-refractivity contribution in [2.45, 2.75) is 32.7 Å². The molecule has 0 aromatic heterocycles. The summed E-state index contributed by atoms with van der Waals surface area (Å²) in [6.45, 7) is 7.13. The molecule has 0 bridgehead atoms. The largest absolute Gasteiger partial charge is 0.342 e. The summed E-state index contributed by atoms with van der Waals surface area (Å²) in [4.78, 5) is 29.3. The van der Waals surface area contributed by atoms with E-state index in [9.17, 15) is 9.59 Å². The average Bonchev–Trinajstić information content (AvgIpc) is 3.18. The smallest absolute Gasteiger partial charge is 0.227 e. The van der Waals surface area contributed by atoms with Crippen LogP contribution in [0.3, 0.4) is 0 Å². The highest BCUT2D eigenvalue weighted by atomic mass is 16.2. The Bertz CT molecular complexity index is 658. The average molecular weight is 355 g/mol. The van der Waals surface area contributed by atoms with Gasteiger partial charge in [-0.25, -0.2) is 0 Å². The molecular weight excluding hydrogens is 326 g/mol. The maximum Gasteiger partial charge on any atom is 0.227 e. The lowest BCUT2D eigenvalue weighted by molar-refractivity contribution is -0.135. The summed E-state index contributed by atoms with van der Waals surface area (Å²) < 4.78 is 0. The van der Waals surface area contributed by atoms with Crippen molar-refractivity contribution in [2.24, 2.45) is 17.8 Å². The molecule has 3 atom stereocenters. The first-order valence-corrected chi connectivity index (χ1v) is 9.93. The van der Waals surface area contributed by atoms with Crippen molar-refractivity contribution in [3.63, 3.8) is 0 Å². The summed E-state index contributed by atoms with van der Waals surface area (Å²) in [7, 11) is 0. The number of carbonyl (C=O) groups excluding carboxylic acids is 2. The van der Waals surface area contributed by atoms with Gasteiger partial charge in [-0.15, -0.1) is 0 Å². The zero-order valence-electron chi connectivity index (χ0n) is 15.6. The second-order valence-corrected chi connectivity index (χ2v) is 8.24. The Balaban J connectivity index is 1.35. The lowest BCUT2D eigenvalue weighted by Crippen LogP contribution is -2.38. The molecule has 140 valence electrons. The van der Waals surface area contributed by atoms with Crippen molar-refractivity contribution >= 4 is 11.8 Å². The van der Waals surface area contributed by atoms with Gasteiger partial charge in [0.15, 0.2) is 0 Å². The Labute approximate surface area is 155 Å². The van der Waals surface area contributed by atoms with E-state index in [2.05, 4.69) is 36.5 Å². The third-order valence-corrected chi connectivity index (χ3v) is 6.39. The van der Waals surface area contributed by atoms with Crippen LogP contribution in [0.25, 0.3) is 0 Å². The lowest BCUT2D eigenvalue weighted by atomic mass is 9.92. The quantitative estimate of drug-likeness (QED) is 0.900. The number of aryl methyl sites for hydroxylation is 1. The molecule has 3 heterocycles. The molecule has 26 heavy (non-hydrogen) atoms. The zero-order chi connectivity index (χ0) is 18.1. The summed E-state index contributed by atoms with van der Waals surface area (Å²) in [5.74, 6) is 1.58. The number of fused-ring (bicyclic) bond motifs is 1. The molecule has 3 aliphatic rings. The van der Waals surface area contributed by atoms with E-state index < -0.39 is 0 Å². The number of benzene rings is 1. The van der Waals surface area contributed by atoms with Gasteiger partial charge in [-0.2, -0.15) is 0 Å². The predicted molar refractivity (Wildman–Crippen MR) is 100 cm³/mol. The maximum atomic E-state index is 13.0. The zero-order valence-corrected chi connectivity index (χ0v) is 15.6. The first-order chi connectivity index (χ1) is 12.6. The highest BCUT2D eigenvalue weighted by Gasteiger charge is 2.38. The molecule has 3 aliphatic heterocycles. The molecule has 4 rings (SSSR count). The van der Waals surface area contributed by atoms with Crippen LogP contribution >= 0.6 is 0 Å². The molecule has 2 amide bonds. The monoisotopic (exact) mass is 355 g/mol. The lowest BCUT2D eigenvalue weighted by Gasteiger charge is -2.24. The van der Waals surface area contributed by atoms with Crippen molar-refractivity contribution < 1.29 is 9.59 Å². The van der Waals surface area contributed by atoms with Crippen molar-refractivity contribution in [3.8, 4) is 0 Å². The molecule has 0 aliphatic carbocycles. The van der Waals surface area contributed by atoms with Crippen LogP contribution in [0.5, 0.6) is 0 Å². The van der Waals surface area contributed by atoms with Gasteiger partial charge in [-0.05, 0) is 50.3 Å². The molecule has 0 spiro atoms. The van der Waals surface area contributed by atoms with Gasteiger partial charge in [0.05, 0.1) is 5.92 Å². The van der Waals surface area contributed by atoms with Crippen LogP contribution in [0.15, 0.2) is 24.3 Å². The number of carbonyl (C=O) groups is 2. The maximum absolute atomic E-state index is 13.0. The minimum absolute atomic E-state index is 0.111. The minimum Gasteiger partial charge on any atom is -0.342 e. The van der Waals surface area contributed by atoms with E-state index in [1.807, 2.05) is 9.80 Å². The van der Waals surface area contributed by atoms with E-state index in [0.29, 0.717) is 19.5 Å². The molecule has 5 heteroatoms. The second kappa shape index (κ2) is 7.39. The van der Waals surface area contributed by atoms with E-state index in [0.717, 1.165) is 56.4 Å². The number of amides is 2. The summed E-state index contributed by atoms with van der Waals surface area (Å²) >= 11 is 0. The van der Waals surface area contributed by atoms with Crippen LogP contribution in [0.4, 0.5) is 0 Å². The van der Waals surface area contributed by atoms with Crippen LogP contribution in [-0.2, 0) is 16.1 Å². The predicted octanol–water partition coefficient (Wildman–Crippen LogP) is 1.80. The van der Waals surface area contributed by atoms with Crippen LogP contribution in [0.1, 0.15) is 30.4 Å². The molecule has 1 unspecified atom stereocenters. The molecule has 0 saturated carbocycles. The molecule has 1 aromatic rings. The van der Waals surface area contributed by atoms with Gasteiger partial charge < -0.3 is 15.1 Å². The van der Waals surface area contributed by atoms with E-state index in [1.165, 1.54) is 5.56 Å². The van der Waals surface area contributed by atoms with Gasteiger partial charge in [-0.1, -0.05) is 29.8 Å². The van der Waals surface area contributed by atoms with E-state index in [1.54, 1.807) is 0 Å². The molecule has 3 fully saturated rings. The number of rotatable bonds is 3. The van der Waals surface area contributed by atoms with E-state index in [4.69, 9.17) is 0 Å². The molecule has 0 radical (unpaired) electrons. The van der Waals surface area contributed by atoms with Gasteiger partial charge >= 0.3 is 0 Å². The van der Waals surface area contributed by atoms with Crippen LogP contribution in [-0.4, -0.2) is 54.3 Å². The molecule has 1 aromatic carbocycles. The topological polar surface area (TPSA) is 52.7 Å². The number of nitrogens with zero attached hydrogens (tertiary/aromatic N) is 2. The van der Waals surface area contributed by atoms with Gasteiger partial charge in [0.2, 0.25) is 11.8 Å². The van der Waals surface area contributed by atoms with Gasteiger partial charge in [0, 0.05) is 32.6 Å². The van der Waals surface area contributed by atoms with Crippen LogP contribution in [0.2, 0.25) is 0 Å². The van der Waals surface area contributed by atoms with Crippen molar-refractivity contribution in [1.29, 1.82) is 0 Å². The molecule has 3 saturated heterocycles. The van der Waals surface area contributed by atoms with Gasteiger partial charge in [-0.3, -0.25) is 9.59 Å². The Kier molecular flexibility index (Phi) is 4.98. The highest BCUT2D eigenvalue weighted by molar-refractivity contribution is 5.89. The summed E-state index contributed by atoms with van der Waals surface area (Å²) in [6.07, 6.45) is 2.56. The Morgan fingerprint density at radius 2 is 1.77 bits per heavy atom. The minimum atomic E-state index is -0.163. The fourth-order valence-corrected chi connectivity index (χ4v) is 4.70. The van der Waals surface area contributed by atoms with E-state index >= 15 is 0 Å².